The molecule has 194 valence electrons. The zero-order chi connectivity index (χ0) is 26.1. The molecule has 8 nitrogen and oxygen atoms in total. The van der Waals surface area contributed by atoms with Crippen LogP contribution in [0.3, 0.4) is 0 Å². The molecule has 0 aliphatic heterocycles. The molecule has 37 heavy (non-hydrogen) atoms. The van der Waals surface area contributed by atoms with E-state index in [0.717, 1.165) is 43.4 Å². The van der Waals surface area contributed by atoms with Gasteiger partial charge in [-0.25, -0.2) is 19.7 Å². The maximum atomic E-state index is 11.9. The molecule has 3 heterocycles. The van der Waals surface area contributed by atoms with Gasteiger partial charge in [-0.2, -0.15) is 0 Å². The maximum Gasteiger partial charge on any atom is 0.374 e. The van der Waals surface area contributed by atoms with Gasteiger partial charge < -0.3 is 15.0 Å². The first-order valence-corrected chi connectivity index (χ1v) is 13.5. The summed E-state index contributed by atoms with van der Waals surface area (Å²) < 4.78 is 2.17. The summed E-state index contributed by atoms with van der Waals surface area (Å²) in [5.74, 6) is 4.44. The Labute approximate surface area is 218 Å². The fraction of sp³-hybridized carbons (Fsp3) is 0.552. The van der Waals surface area contributed by atoms with Crippen LogP contribution in [0.1, 0.15) is 87.8 Å². The largest absolute Gasteiger partial charge is 0.475 e. The number of anilines is 1. The number of nitrogens with one attached hydrogen (secondary N) is 1. The number of carboxylic acid groups (broad SMARTS) is 1. The predicted molar refractivity (Wildman–Crippen MR) is 144 cm³/mol. The van der Waals surface area contributed by atoms with Gasteiger partial charge in [-0.3, -0.25) is 4.98 Å². The number of hydrogen-bond acceptors (Lipinski definition) is 6. The molecule has 0 radical (unpaired) electrons. The number of aromatic nitrogens is 5. The van der Waals surface area contributed by atoms with E-state index >= 15 is 0 Å². The summed E-state index contributed by atoms with van der Waals surface area (Å²) in [5.41, 5.74) is 3.07. The summed E-state index contributed by atoms with van der Waals surface area (Å²) in [6, 6.07) is 4.28. The van der Waals surface area contributed by atoms with E-state index in [4.69, 9.17) is 11.4 Å². The van der Waals surface area contributed by atoms with Crippen LogP contribution in [0, 0.1) is 30.1 Å². The van der Waals surface area contributed by atoms with Gasteiger partial charge in [0.2, 0.25) is 5.82 Å². The molecule has 1 atom stereocenters. The number of fused-ring (bicyclic) bond motifs is 1. The van der Waals surface area contributed by atoms with Gasteiger partial charge in [0.15, 0.2) is 17.3 Å². The standard InChI is InChI=1S/C29H36N6O2/c1-5-19-9-11-20(12-10-19)16-35-24-25(31-18(4)21-7-6-8-21)32-27(29(36)37)33-26(24)34-28(35)23-15-22(17(2)3)13-14-30-23/h1,13-15,17-21H,6-12,16H2,2-4H3,(H,36,37)(H,31,32,33)/t18-,19?,20?/m1/s1. The van der Waals surface area contributed by atoms with Crippen LogP contribution in [-0.4, -0.2) is 41.6 Å². The molecule has 2 fully saturated rings. The highest BCUT2D eigenvalue weighted by molar-refractivity contribution is 5.92. The number of terminal acetylenes is 1. The average Bonchev–Trinajstić information content (AvgIpc) is 3.22. The molecule has 5 rings (SSSR count). The van der Waals surface area contributed by atoms with E-state index in [0.29, 0.717) is 41.0 Å². The number of carboxylic acids is 1. The fourth-order valence-electron chi connectivity index (χ4n) is 5.58. The van der Waals surface area contributed by atoms with Crippen molar-refractivity contribution in [1.29, 1.82) is 0 Å². The average molecular weight is 501 g/mol. The number of rotatable bonds is 8. The van der Waals surface area contributed by atoms with Crippen LogP contribution in [0.2, 0.25) is 0 Å². The van der Waals surface area contributed by atoms with E-state index in [9.17, 15) is 9.90 Å². The molecule has 2 N–H and O–H groups in total. The maximum absolute atomic E-state index is 11.9. The third kappa shape index (κ3) is 5.18. The molecule has 0 spiro atoms. The van der Waals surface area contributed by atoms with Gasteiger partial charge in [-0.1, -0.05) is 20.3 Å². The minimum atomic E-state index is -1.16. The first-order chi connectivity index (χ1) is 17.8. The smallest absolute Gasteiger partial charge is 0.374 e. The lowest BCUT2D eigenvalue weighted by molar-refractivity contribution is 0.0684. The Morgan fingerprint density at radius 1 is 1.16 bits per heavy atom. The normalized spacial score (nSPS) is 20.9. The van der Waals surface area contributed by atoms with Gasteiger partial charge in [0.1, 0.15) is 11.2 Å². The van der Waals surface area contributed by atoms with Crippen molar-refractivity contribution in [2.75, 3.05) is 5.32 Å². The lowest BCUT2D eigenvalue weighted by Gasteiger charge is -2.32. The zero-order valence-electron chi connectivity index (χ0n) is 21.9. The van der Waals surface area contributed by atoms with E-state index in [-0.39, 0.29) is 11.9 Å². The van der Waals surface area contributed by atoms with Gasteiger partial charge in [0, 0.05) is 24.7 Å². The van der Waals surface area contributed by atoms with Gasteiger partial charge >= 0.3 is 5.97 Å². The summed E-state index contributed by atoms with van der Waals surface area (Å²) in [7, 11) is 0. The Bertz CT molecular complexity index is 1330. The van der Waals surface area contributed by atoms with Crippen molar-refractivity contribution in [2.24, 2.45) is 17.8 Å². The molecule has 8 heteroatoms. The summed E-state index contributed by atoms with van der Waals surface area (Å²) in [6.07, 6.45) is 15.2. The summed E-state index contributed by atoms with van der Waals surface area (Å²) in [6.45, 7) is 7.19. The zero-order valence-corrected chi connectivity index (χ0v) is 21.9. The van der Waals surface area contributed by atoms with Gasteiger partial charge in [-0.05, 0) is 80.9 Å². The van der Waals surface area contributed by atoms with Crippen LogP contribution >= 0.6 is 0 Å². The van der Waals surface area contributed by atoms with E-state index in [2.05, 4.69) is 57.6 Å². The Kier molecular flexibility index (Phi) is 7.14. The Morgan fingerprint density at radius 2 is 1.92 bits per heavy atom. The van der Waals surface area contributed by atoms with Crippen molar-refractivity contribution in [1.82, 2.24) is 24.5 Å². The lowest BCUT2D eigenvalue weighted by atomic mass is 9.80. The first-order valence-electron chi connectivity index (χ1n) is 13.5. The van der Waals surface area contributed by atoms with Crippen LogP contribution in [0.15, 0.2) is 18.3 Å². The second-order valence-corrected chi connectivity index (χ2v) is 11.1. The van der Waals surface area contributed by atoms with Crippen LogP contribution in [-0.2, 0) is 6.54 Å². The van der Waals surface area contributed by atoms with E-state index in [1.54, 1.807) is 0 Å². The monoisotopic (exact) mass is 500 g/mol. The van der Waals surface area contributed by atoms with Crippen LogP contribution < -0.4 is 5.32 Å². The minimum absolute atomic E-state index is 0.175. The van der Waals surface area contributed by atoms with Gasteiger partial charge in [-0.15, -0.1) is 12.3 Å². The molecule has 0 unspecified atom stereocenters. The third-order valence-corrected chi connectivity index (χ3v) is 8.22. The Balaban J connectivity index is 1.64. The van der Waals surface area contributed by atoms with Crippen molar-refractivity contribution in [3.63, 3.8) is 0 Å². The molecule has 2 aliphatic carbocycles. The van der Waals surface area contributed by atoms with E-state index < -0.39 is 5.97 Å². The van der Waals surface area contributed by atoms with Crippen molar-refractivity contribution < 1.29 is 9.90 Å². The highest BCUT2D eigenvalue weighted by Gasteiger charge is 2.29. The Morgan fingerprint density at radius 3 is 2.54 bits per heavy atom. The van der Waals surface area contributed by atoms with Crippen molar-refractivity contribution in [2.45, 2.75) is 84.2 Å². The molecular formula is C29H36N6O2. The summed E-state index contributed by atoms with van der Waals surface area (Å²) in [4.78, 5) is 30.3. The molecule has 0 bridgehead atoms. The second-order valence-electron chi connectivity index (χ2n) is 11.1. The van der Waals surface area contributed by atoms with E-state index in [1.807, 2.05) is 12.3 Å². The SMILES string of the molecule is C#CC1CCC(Cn2c(-c3cc(C(C)C)ccn3)nc3nc(C(=O)O)nc(N[C@H](C)C4CCC4)c32)CC1. The number of nitrogens with zero attached hydrogens (tertiary/aromatic N) is 5. The highest BCUT2D eigenvalue weighted by Crippen LogP contribution is 2.36. The molecule has 0 amide bonds. The van der Waals surface area contributed by atoms with Crippen LogP contribution in [0.5, 0.6) is 0 Å². The molecule has 2 saturated carbocycles. The van der Waals surface area contributed by atoms with Gasteiger partial charge in [0.05, 0.1) is 0 Å². The van der Waals surface area contributed by atoms with E-state index in [1.165, 1.54) is 24.8 Å². The topological polar surface area (TPSA) is 106 Å². The first kappa shape index (κ1) is 25.2. The third-order valence-electron chi connectivity index (χ3n) is 8.22. The van der Waals surface area contributed by atoms with Crippen LogP contribution in [0.25, 0.3) is 22.7 Å². The quantitative estimate of drug-likeness (QED) is 0.379. The Hall–Kier alpha value is -3.47. The van der Waals surface area contributed by atoms with Crippen molar-refractivity contribution >= 4 is 23.0 Å². The van der Waals surface area contributed by atoms with Crippen molar-refractivity contribution in [3.8, 4) is 23.9 Å². The molecule has 0 aromatic carbocycles. The second kappa shape index (κ2) is 10.5. The minimum Gasteiger partial charge on any atom is -0.475 e. The summed E-state index contributed by atoms with van der Waals surface area (Å²) in [5, 5.41) is 13.3. The number of pyridine rings is 1. The molecular weight excluding hydrogens is 464 g/mol. The molecule has 3 aromatic heterocycles. The number of aromatic carboxylic acids is 1. The number of imidazole rings is 1. The number of carbonyl (C=O) groups is 1. The summed E-state index contributed by atoms with van der Waals surface area (Å²) >= 11 is 0. The lowest BCUT2D eigenvalue weighted by Crippen LogP contribution is -2.31. The van der Waals surface area contributed by atoms with Crippen molar-refractivity contribution in [3.05, 3.63) is 29.7 Å². The fourth-order valence-corrected chi connectivity index (χ4v) is 5.58. The highest BCUT2D eigenvalue weighted by atomic mass is 16.4. The number of hydrogen-bond donors (Lipinski definition) is 2. The molecule has 3 aromatic rings. The predicted octanol–water partition coefficient (Wildman–Crippen LogP) is 5.75. The van der Waals surface area contributed by atoms with Crippen LogP contribution in [0.4, 0.5) is 5.82 Å². The van der Waals surface area contributed by atoms with Gasteiger partial charge in [0.25, 0.3) is 0 Å². The molecule has 0 saturated heterocycles. The molecule has 2 aliphatic rings.